The fraction of sp³-hybridized carbons (Fsp3) is 1.00. The van der Waals surface area contributed by atoms with Gasteiger partial charge in [-0.3, -0.25) is 4.90 Å². The summed E-state index contributed by atoms with van der Waals surface area (Å²) in [5.74, 6) is 0.993. The second-order valence-corrected chi connectivity index (χ2v) is 6.97. The van der Waals surface area contributed by atoms with Crippen molar-refractivity contribution in [2.75, 3.05) is 32.7 Å². The highest BCUT2D eigenvalue weighted by molar-refractivity contribution is 4.96. The molecule has 0 aliphatic carbocycles. The van der Waals surface area contributed by atoms with Crippen molar-refractivity contribution in [2.24, 2.45) is 5.92 Å². The lowest BCUT2D eigenvalue weighted by Crippen LogP contribution is -2.61. The first-order chi connectivity index (χ1) is 9.28. The van der Waals surface area contributed by atoms with Crippen LogP contribution in [0.1, 0.15) is 46.0 Å². The van der Waals surface area contributed by atoms with Crippen LogP contribution in [0, 0.1) is 5.92 Å². The standard InChI is InChI=1S/C16H31N3/c1-3-7-17-15-6-10-19(13(2)11-15)16-12-18-8-4-14(16)5-9-18/h13-17H,3-12H2,1-2H3. The SMILES string of the molecule is CCCNC1CCN(C2CN3CCC2CC3)C(C)C1. The van der Waals surface area contributed by atoms with Crippen LogP contribution in [0.5, 0.6) is 0 Å². The molecule has 0 aromatic carbocycles. The molecule has 0 spiro atoms. The Morgan fingerprint density at radius 2 is 1.89 bits per heavy atom. The van der Waals surface area contributed by atoms with E-state index in [9.17, 15) is 0 Å². The van der Waals surface area contributed by atoms with Crippen LogP contribution in [0.25, 0.3) is 0 Å². The van der Waals surface area contributed by atoms with Gasteiger partial charge in [-0.15, -0.1) is 0 Å². The van der Waals surface area contributed by atoms with E-state index in [1.165, 1.54) is 64.8 Å². The van der Waals surface area contributed by atoms with Crippen molar-refractivity contribution in [1.29, 1.82) is 0 Å². The molecule has 4 heterocycles. The monoisotopic (exact) mass is 265 g/mol. The highest BCUT2D eigenvalue weighted by Crippen LogP contribution is 2.34. The highest BCUT2D eigenvalue weighted by Gasteiger charge is 2.40. The third-order valence-corrected chi connectivity index (χ3v) is 5.66. The lowest BCUT2D eigenvalue weighted by molar-refractivity contribution is -0.0269. The molecule has 0 radical (unpaired) electrons. The Morgan fingerprint density at radius 1 is 1.11 bits per heavy atom. The van der Waals surface area contributed by atoms with Crippen molar-refractivity contribution in [3.05, 3.63) is 0 Å². The number of hydrogen-bond acceptors (Lipinski definition) is 3. The molecular formula is C16H31N3. The molecule has 1 N–H and O–H groups in total. The maximum absolute atomic E-state index is 3.72. The summed E-state index contributed by atoms with van der Waals surface area (Å²) in [6, 6.07) is 2.41. The first kappa shape index (κ1) is 13.8. The van der Waals surface area contributed by atoms with Gasteiger partial charge in [0.15, 0.2) is 0 Å². The number of likely N-dealkylation sites (tertiary alicyclic amines) is 1. The van der Waals surface area contributed by atoms with Gasteiger partial charge in [-0.1, -0.05) is 6.92 Å². The first-order valence-corrected chi connectivity index (χ1v) is 8.49. The third kappa shape index (κ3) is 2.98. The zero-order valence-electron chi connectivity index (χ0n) is 12.8. The topological polar surface area (TPSA) is 18.5 Å². The van der Waals surface area contributed by atoms with Gasteiger partial charge < -0.3 is 10.2 Å². The molecule has 0 aromatic rings. The molecule has 2 bridgehead atoms. The zero-order chi connectivity index (χ0) is 13.2. The summed E-state index contributed by atoms with van der Waals surface area (Å²) in [6.07, 6.45) is 6.86. The summed E-state index contributed by atoms with van der Waals surface area (Å²) < 4.78 is 0. The normalized spacial score (nSPS) is 43.6. The molecule has 4 fully saturated rings. The molecule has 110 valence electrons. The van der Waals surface area contributed by atoms with E-state index in [0.29, 0.717) is 0 Å². The Kier molecular flexibility index (Phi) is 4.45. The van der Waals surface area contributed by atoms with Crippen LogP contribution in [-0.2, 0) is 0 Å². The molecular weight excluding hydrogens is 234 g/mol. The van der Waals surface area contributed by atoms with Crippen molar-refractivity contribution in [1.82, 2.24) is 15.1 Å². The van der Waals surface area contributed by atoms with Crippen molar-refractivity contribution < 1.29 is 0 Å². The van der Waals surface area contributed by atoms with Crippen LogP contribution in [0.4, 0.5) is 0 Å². The lowest BCUT2D eigenvalue weighted by Gasteiger charge is -2.52. The maximum Gasteiger partial charge on any atom is 0.0255 e. The number of piperidine rings is 4. The zero-order valence-corrected chi connectivity index (χ0v) is 12.8. The Hall–Kier alpha value is -0.120. The van der Waals surface area contributed by atoms with E-state index in [1.807, 2.05) is 0 Å². The average molecular weight is 265 g/mol. The molecule has 4 aliphatic heterocycles. The largest absolute Gasteiger partial charge is 0.314 e. The molecule has 4 rings (SSSR count). The van der Waals surface area contributed by atoms with Gasteiger partial charge >= 0.3 is 0 Å². The van der Waals surface area contributed by atoms with Gasteiger partial charge in [0.25, 0.3) is 0 Å². The van der Waals surface area contributed by atoms with E-state index in [2.05, 4.69) is 29.0 Å². The molecule has 3 unspecified atom stereocenters. The van der Waals surface area contributed by atoms with Crippen LogP contribution < -0.4 is 5.32 Å². The molecule has 3 atom stereocenters. The third-order valence-electron chi connectivity index (χ3n) is 5.66. The van der Waals surface area contributed by atoms with Gasteiger partial charge in [0, 0.05) is 31.2 Å². The fourth-order valence-electron chi connectivity index (χ4n) is 4.53. The summed E-state index contributed by atoms with van der Waals surface area (Å²) in [4.78, 5) is 5.54. The van der Waals surface area contributed by atoms with Gasteiger partial charge in [-0.25, -0.2) is 0 Å². The molecule has 0 aromatic heterocycles. The second-order valence-electron chi connectivity index (χ2n) is 6.97. The van der Waals surface area contributed by atoms with E-state index in [0.717, 1.165) is 24.0 Å². The van der Waals surface area contributed by atoms with E-state index in [-0.39, 0.29) is 0 Å². The number of hydrogen-bond donors (Lipinski definition) is 1. The summed E-state index contributed by atoms with van der Waals surface area (Å²) in [6.45, 7) is 11.3. The first-order valence-electron chi connectivity index (χ1n) is 8.49. The minimum absolute atomic E-state index is 0.771. The summed E-state index contributed by atoms with van der Waals surface area (Å²) in [7, 11) is 0. The highest BCUT2D eigenvalue weighted by atomic mass is 15.3. The van der Waals surface area contributed by atoms with Gasteiger partial charge in [0.1, 0.15) is 0 Å². The Labute approximate surface area is 118 Å². The quantitative estimate of drug-likeness (QED) is 0.838. The maximum atomic E-state index is 3.72. The number of fused-ring (bicyclic) bond motifs is 3. The molecule has 3 nitrogen and oxygen atoms in total. The molecule has 0 amide bonds. The van der Waals surface area contributed by atoms with Crippen LogP contribution in [-0.4, -0.2) is 60.6 Å². The van der Waals surface area contributed by atoms with Crippen molar-refractivity contribution in [3.8, 4) is 0 Å². The fourth-order valence-corrected chi connectivity index (χ4v) is 4.53. The van der Waals surface area contributed by atoms with E-state index < -0.39 is 0 Å². The Balaban J connectivity index is 1.55. The van der Waals surface area contributed by atoms with Crippen LogP contribution in [0.15, 0.2) is 0 Å². The van der Waals surface area contributed by atoms with Gasteiger partial charge in [0.2, 0.25) is 0 Å². The van der Waals surface area contributed by atoms with Crippen molar-refractivity contribution in [2.45, 2.75) is 64.1 Å². The van der Waals surface area contributed by atoms with Crippen LogP contribution in [0.3, 0.4) is 0 Å². The molecule has 4 aliphatic rings. The minimum atomic E-state index is 0.771. The smallest absolute Gasteiger partial charge is 0.0255 e. The van der Waals surface area contributed by atoms with Gasteiger partial charge in [-0.2, -0.15) is 0 Å². The predicted octanol–water partition coefficient (Wildman–Crippen LogP) is 1.93. The number of rotatable bonds is 4. The Bertz CT molecular complexity index is 286. The number of nitrogens with zero attached hydrogens (tertiary/aromatic N) is 2. The molecule has 4 saturated heterocycles. The summed E-state index contributed by atoms with van der Waals surface area (Å²) in [5.41, 5.74) is 0. The van der Waals surface area contributed by atoms with Crippen molar-refractivity contribution >= 4 is 0 Å². The van der Waals surface area contributed by atoms with E-state index >= 15 is 0 Å². The number of nitrogens with one attached hydrogen (secondary N) is 1. The van der Waals surface area contributed by atoms with E-state index in [1.54, 1.807) is 0 Å². The molecule has 19 heavy (non-hydrogen) atoms. The van der Waals surface area contributed by atoms with Crippen LogP contribution >= 0.6 is 0 Å². The average Bonchev–Trinajstić information content (AvgIpc) is 2.46. The Morgan fingerprint density at radius 3 is 2.47 bits per heavy atom. The summed E-state index contributed by atoms with van der Waals surface area (Å²) in [5, 5.41) is 3.72. The lowest BCUT2D eigenvalue weighted by atomic mass is 9.81. The second kappa shape index (κ2) is 6.11. The molecule has 0 saturated carbocycles. The predicted molar refractivity (Wildman–Crippen MR) is 80.4 cm³/mol. The molecule has 3 heteroatoms. The van der Waals surface area contributed by atoms with Crippen molar-refractivity contribution in [3.63, 3.8) is 0 Å². The van der Waals surface area contributed by atoms with E-state index in [4.69, 9.17) is 0 Å². The summed E-state index contributed by atoms with van der Waals surface area (Å²) >= 11 is 0. The van der Waals surface area contributed by atoms with Crippen LogP contribution in [0.2, 0.25) is 0 Å². The van der Waals surface area contributed by atoms with Gasteiger partial charge in [-0.05, 0) is 64.6 Å². The minimum Gasteiger partial charge on any atom is -0.314 e. The van der Waals surface area contributed by atoms with Gasteiger partial charge in [0.05, 0.1) is 0 Å².